The van der Waals surface area contributed by atoms with Gasteiger partial charge in [-0.05, 0) is 18.6 Å². The molecule has 1 aromatic carbocycles. The highest BCUT2D eigenvalue weighted by Crippen LogP contribution is 2.19. The lowest BCUT2D eigenvalue weighted by atomic mass is 10.2. The molecule has 0 heterocycles. The molecule has 1 nitrogen and oxygen atoms in total. The molecule has 0 spiro atoms. The van der Waals surface area contributed by atoms with Gasteiger partial charge < -0.3 is 4.74 Å². The van der Waals surface area contributed by atoms with E-state index in [2.05, 4.69) is 0 Å². The number of aryl methyl sites for hydroxylation is 1. The lowest BCUT2D eigenvalue weighted by Crippen LogP contribution is -1.93. The molecule has 0 amide bonds. The van der Waals surface area contributed by atoms with E-state index in [0.29, 0.717) is 5.56 Å². The second kappa shape index (κ2) is 3.58. The van der Waals surface area contributed by atoms with Gasteiger partial charge in [-0.3, -0.25) is 0 Å². The maximum atomic E-state index is 13.0. The molecule has 0 aliphatic carbocycles. The fourth-order valence-electron chi connectivity index (χ4n) is 0.791. The molecule has 1 rings (SSSR count). The van der Waals surface area contributed by atoms with Gasteiger partial charge in [-0.25, -0.2) is 4.39 Å². The fraction of sp³-hybridized carbons (Fsp3) is 0.250. The van der Waals surface area contributed by atoms with E-state index in [1.165, 1.54) is 0 Å². The van der Waals surface area contributed by atoms with Crippen LogP contribution < -0.4 is 4.74 Å². The molecule has 0 aliphatic heterocycles. The van der Waals surface area contributed by atoms with Gasteiger partial charge in [-0.15, -0.1) is 0 Å². The smallest absolute Gasteiger partial charge is 0.168 e. The molecule has 0 aliphatic rings. The second-order valence-electron chi connectivity index (χ2n) is 2.14. The van der Waals surface area contributed by atoms with Gasteiger partial charge in [0.25, 0.3) is 0 Å². The summed E-state index contributed by atoms with van der Waals surface area (Å²) in [7, 11) is 0. The molecule has 1 aromatic rings. The van der Waals surface area contributed by atoms with Gasteiger partial charge >= 0.3 is 0 Å². The Balaban J connectivity index is 2.96. The zero-order valence-electron chi connectivity index (χ0n) is 6.10. The molecule has 0 bridgehead atoms. The second-order valence-corrected chi connectivity index (χ2v) is 2.36. The molecule has 0 atom stereocenters. The van der Waals surface area contributed by atoms with Crippen molar-refractivity contribution in [3.8, 4) is 5.75 Å². The first-order chi connectivity index (χ1) is 5.25. The van der Waals surface area contributed by atoms with Crippen LogP contribution in [0.4, 0.5) is 4.39 Å². The van der Waals surface area contributed by atoms with Gasteiger partial charge in [0.15, 0.2) is 17.6 Å². The molecule has 0 fully saturated rings. The van der Waals surface area contributed by atoms with Crippen molar-refractivity contribution in [1.29, 1.82) is 0 Å². The summed E-state index contributed by atoms with van der Waals surface area (Å²) in [5, 5.41) is 0. The maximum Gasteiger partial charge on any atom is 0.168 e. The highest BCUT2D eigenvalue weighted by Gasteiger charge is 2.03. The molecule has 0 saturated heterocycles. The van der Waals surface area contributed by atoms with Gasteiger partial charge in [0.1, 0.15) is 0 Å². The van der Waals surface area contributed by atoms with Crippen molar-refractivity contribution in [3.05, 3.63) is 29.6 Å². The first-order valence-corrected chi connectivity index (χ1v) is 3.73. The minimum absolute atomic E-state index is 0.0274. The van der Waals surface area contributed by atoms with E-state index >= 15 is 0 Å². The van der Waals surface area contributed by atoms with Crippen molar-refractivity contribution in [3.63, 3.8) is 0 Å². The summed E-state index contributed by atoms with van der Waals surface area (Å²) in [4.78, 5) is 0. The summed E-state index contributed by atoms with van der Waals surface area (Å²) >= 11 is 5.27. The largest absolute Gasteiger partial charge is 0.475 e. The third kappa shape index (κ3) is 1.84. The van der Waals surface area contributed by atoms with Crippen LogP contribution in [-0.2, 0) is 0 Å². The summed E-state index contributed by atoms with van der Waals surface area (Å²) < 4.78 is 17.8. The van der Waals surface area contributed by atoms with E-state index in [9.17, 15) is 4.39 Å². The number of halogens is 2. The van der Waals surface area contributed by atoms with Crippen LogP contribution in [0.3, 0.4) is 0 Å². The van der Waals surface area contributed by atoms with Crippen molar-refractivity contribution in [2.75, 3.05) is 6.07 Å². The van der Waals surface area contributed by atoms with Gasteiger partial charge in [0, 0.05) is 0 Å². The summed E-state index contributed by atoms with van der Waals surface area (Å²) in [5.41, 5.74) is 0.563. The molecule has 60 valence electrons. The Bertz CT molecular complexity index is 250. The third-order valence-electron chi connectivity index (χ3n) is 1.37. The molecule has 11 heavy (non-hydrogen) atoms. The van der Waals surface area contributed by atoms with Crippen LogP contribution in [0.1, 0.15) is 5.56 Å². The topological polar surface area (TPSA) is 9.23 Å². The monoisotopic (exact) mass is 174 g/mol. The molecule has 0 radical (unpaired) electrons. The summed E-state index contributed by atoms with van der Waals surface area (Å²) in [6.07, 6.45) is 0. The van der Waals surface area contributed by atoms with Crippen LogP contribution in [0, 0.1) is 12.7 Å². The van der Waals surface area contributed by atoms with Crippen LogP contribution in [-0.4, -0.2) is 6.07 Å². The van der Waals surface area contributed by atoms with Gasteiger partial charge in [0.2, 0.25) is 0 Å². The first-order valence-electron chi connectivity index (χ1n) is 3.19. The Labute approximate surface area is 69.7 Å². The van der Waals surface area contributed by atoms with Gasteiger partial charge in [-0.2, -0.15) is 0 Å². The predicted octanol–water partition coefficient (Wildman–Crippen LogP) is 2.71. The minimum atomic E-state index is -0.340. The van der Waals surface area contributed by atoms with E-state index in [1.807, 2.05) is 0 Å². The van der Waals surface area contributed by atoms with Crippen LogP contribution in [0.15, 0.2) is 18.2 Å². The van der Waals surface area contributed by atoms with Crippen LogP contribution in [0.2, 0.25) is 0 Å². The number of alkyl halides is 1. The molecule has 3 heteroatoms. The Morgan fingerprint density at radius 3 is 2.91 bits per heavy atom. The highest BCUT2D eigenvalue weighted by atomic mass is 35.5. The van der Waals surface area contributed by atoms with E-state index in [1.54, 1.807) is 25.1 Å². The molecule has 0 unspecified atom stereocenters. The van der Waals surface area contributed by atoms with E-state index in [4.69, 9.17) is 16.3 Å². The SMILES string of the molecule is Cc1cccc(OCCl)c1F. The minimum Gasteiger partial charge on any atom is -0.475 e. The quantitative estimate of drug-likeness (QED) is 0.627. The standard InChI is InChI=1S/C8H8ClFO/c1-6-3-2-4-7(8(6)10)11-5-9/h2-4H,5H2,1H3. The van der Waals surface area contributed by atoms with E-state index in [-0.39, 0.29) is 17.6 Å². The summed E-state index contributed by atoms with van der Waals surface area (Å²) in [6, 6.07) is 4.92. The van der Waals surface area contributed by atoms with Crippen LogP contribution in [0.25, 0.3) is 0 Å². The molecule has 0 aromatic heterocycles. The Hall–Kier alpha value is -0.760. The first kappa shape index (κ1) is 8.34. The van der Waals surface area contributed by atoms with Gasteiger partial charge in [-0.1, -0.05) is 23.7 Å². The zero-order valence-corrected chi connectivity index (χ0v) is 6.86. The number of benzene rings is 1. The Morgan fingerprint density at radius 2 is 2.27 bits per heavy atom. The van der Waals surface area contributed by atoms with Crippen molar-refractivity contribution in [2.24, 2.45) is 0 Å². The van der Waals surface area contributed by atoms with Crippen LogP contribution >= 0.6 is 11.6 Å². The lowest BCUT2D eigenvalue weighted by Gasteiger charge is -2.03. The molecular weight excluding hydrogens is 167 g/mol. The number of hydrogen-bond donors (Lipinski definition) is 0. The van der Waals surface area contributed by atoms with Crippen LogP contribution in [0.5, 0.6) is 5.75 Å². The average molecular weight is 175 g/mol. The van der Waals surface area contributed by atoms with Gasteiger partial charge in [0.05, 0.1) is 0 Å². The fourth-order valence-corrected chi connectivity index (χ4v) is 0.908. The number of hydrogen-bond acceptors (Lipinski definition) is 1. The predicted molar refractivity (Wildman–Crippen MR) is 42.5 cm³/mol. The number of ether oxygens (including phenoxy) is 1. The number of rotatable bonds is 2. The van der Waals surface area contributed by atoms with Crippen molar-refractivity contribution in [2.45, 2.75) is 6.92 Å². The third-order valence-corrected chi connectivity index (χ3v) is 1.48. The van der Waals surface area contributed by atoms with Crippen molar-refractivity contribution < 1.29 is 9.13 Å². The molecule has 0 saturated carbocycles. The zero-order chi connectivity index (χ0) is 8.27. The van der Waals surface area contributed by atoms with E-state index < -0.39 is 0 Å². The summed E-state index contributed by atoms with van der Waals surface area (Å²) in [5.74, 6) is -0.131. The summed E-state index contributed by atoms with van der Waals surface area (Å²) in [6.45, 7) is 1.68. The Morgan fingerprint density at radius 1 is 1.55 bits per heavy atom. The van der Waals surface area contributed by atoms with Crippen molar-refractivity contribution in [1.82, 2.24) is 0 Å². The molecular formula is C8H8ClFO. The van der Waals surface area contributed by atoms with E-state index in [0.717, 1.165) is 0 Å². The molecule has 0 N–H and O–H groups in total. The highest BCUT2D eigenvalue weighted by molar-refractivity contribution is 6.17. The Kier molecular flexibility index (Phi) is 2.71. The van der Waals surface area contributed by atoms with Crippen molar-refractivity contribution >= 4 is 11.6 Å². The normalized spacial score (nSPS) is 9.73. The lowest BCUT2D eigenvalue weighted by molar-refractivity contribution is 0.362. The maximum absolute atomic E-state index is 13.0. The average Bonchev–Trinajstić information content (AvgIpc) is 1.99.